The molecule has 0 atom stereocenters. The normalized spacial score (nSPS) is 10.4. The van der Waals surface area contributed by atoms with Crippen molar-refractivity contribution < 1.29 is 4.92 Å². The first kappa shape index (κ1) is 14.7. The van der Waals surface area contributed by atoms with Crippen molar-refractivity contribution in [2.45, 2.75) is 0 Å². The third kappa shape index (κ3) is 3.01. The van der Waals surface area contributed by atoms with Crippen LogP contribution in [0.25, 0.3) is 22.3 Å². The van der Waals surface area contributed by atoms with Crippen molar-refractivity contribution in [3.05, 3.63) is 86.5 Å². The zero-order valence-corrected chi connectivity index (χ0v) is 13.7. The molecule has 3 aromatic carbocycles. The fourth-order valence-electron chi connectivity index (χ4n) is 2.31. The van der Waals surface area contributed by atoms with Crippen LogP contribution in [0.3, 0.4) is 0 Å². The van der Waals surface area contributed by atoms with E-state index in [4.69, 9.17) is 0 Å². The summed E-state index contributed by atoms with van der Waals surface area (Å²) in [4.78, 5) is 10.4. The van der Waals surface area contributed by atoms with E-state index in [1.807, 2.05) is 18.2 Å². The van der Waals surface area contributed by atoms with Gasteiger partial charge in [-0.3, -0.25) is 10.1 Å². The van der Waals surface area contributed by atoms with Gasteiger partial charge in [0, 0.05) is 15.7 Å². The van der Waals surface area contributed by atoms with Crippen molar-refractivity contribution in [2.24, 2.45) is 0 Å². The SMILES string of the molecule is O=[N+]([O-])c1ccc(-c2c[c]ccc2-c2ccc(I)cc2)cc1. The van der Waals surface area contributed by atoms with Gasteiger partial charge in [0.1, 0.15) is 0 Å². The maximum Gasteiger partial charge on any atom is 0.269 e. The Morgan fingerprint density at radius 2 is 1.45 bits per heavy atom. The molecule has 0 bridgehead atoms. The molecule has 0 amide bonds. The predicted molar refractivity (Wildman–Crippen MR) is 95.5 cm³/mol. The summed E-state index contributed by atoms with van der Waals surface area (Å²) >= 11 is 2.28. The number of nitro groups is 1. The minimum absolute atomic E-state index is 0.0967. The Morgan fingerprint density at radius 3 is 2.09 bits per heavy atom. The average Bonchev–Trinajstić information content (AvgIpc) is 2.56. The summed E-state index contributed by atoms with van der Waals surface area (Å²) in [6.07, 6.45) is 0. The average molecular weight is 400 g/mol. The third-order valence-electron chi connectivity index (χ3n) is 3.41. The third-order valence-corrected chi connectivity index (χ3v) is 4.13. The Balaban J connectivity index is 2.08. The van der Waals surface area contributed by atoms with Crippen molar-refractivity contribution in [1.82, 2.24) is 0 Å². The molecule has 0 saturated carbocycles. The van der Waals surface area contributed by atoms with Gasteiger partial charge in [-0.1, -0.05) is 24.3 Å². The predicted octanol–water partition coefficient (Wildman–Crippen LogP) is 5.33. The first-order valence-corrected chi connectivity index (χ1v) is 7.74. The number of hydrogen-bond acceptors (Lipinski definition) is 2. The summed E-state index contributed by atoms with van der Waals surface area (Å²) in [6.45, 7) is 0. The quantitative estimate of drug-likeness (QED) is 0.339. The van der Waals surface area contributed by atoms with E-state index in [0.29, 0.717) is 0 Å². The summed E-state index contributed by atoms with van der Waals surface area (Å²) in [6, 6.07) is 23.8. The van der Waals surface area contributed by atoms with Crippen molar-refractivity contribution in [3.8, 4) is 22.3 Å². The molecule has 0 saturated heterocycles. The van der Waals surface area contributed by atoms with Crippen LogP contribution in [0.5, 0.6) is 0 Å². The Hall–Kier alpha value is -2.21. The van der Waals surface area contributed by atoms with Crippen LogP contribution in [-0.2, 0) is 0 Å². The Labute approximate surface area is 141 Å². The van der Waals surface area contributed by atoms with E-state index in [2.05, 4.69) is 52.9 Å². The largest absolute Gasteiger partial charge is 0.269 e. The molecular formula is C18H11INO2. The summed E-state index contributed by atoms with van der Waals surface area (Å²) in [7, 11) is 0. The molecular weight excluding hydrogens is 389 g/mol. The van der Waals surface area contributed by atoms with Crippen LogP contribution in [0, 0.1) is 19.8 Å². The van der Waals surface area contributed by atoms with Gasteiger partial charge in [-0.05, 0) is 81.2 Å². The molecule has 4 heteroatoms. The molecule has 0 aliphatic heterocycles. The van der Waals surface area contributed by atoms with Crippen LogP contribution in [0.2, 0.25) is 0 Å². The number of halogens is 1. The second kappa shape index (κ2) is 6.27. The number of benzene rings is 3. The Bertz CT molecular complexity index is 811. The molecule has 0 fully saturated rings. The number of non-ortho nitro benzene ring substituents is 1. The van der Waals surface area contributed by atoms with Crippen molar-refractivity contribution >= 4 is 28.3 Å². The van der Waals surface area contributed by atoms with E-state index in [1.165, 1.54) is 15.7 Å². The first-order chi connectivity index (χ1) is 10.6. The van der Waals surface area contributed by atoms with Gasteiger partial charge in [0.2, 0.25) is 0 Å². The second-order valence-corrected chi connectivity index (χ2v) is 6.03. The van der Waals surface area contributed by atoms with E-state index in [9.17, 15) is 10.1 Å². The van der Waals surface area contributed by atoms with Gasteiger partial charge in [-0.15, -0.1) is 0 Å². The Morgan fingerprint density at radius 1 is 0.864 bits per heavy atom. The lowest BCUT2D eigenvalue weighted by molar-refractivity contribution is -0.384. The monoisotopic (exact) mass is 400 g/mol. The van der Waals surface area contributed by atoms with E-state index in [1.54, 1.807) is 12.1 Å². The molecule has 0 spiro atoms. The number of rotatable bonds is 3. The lowest BCUT2D eigenvalue weighted by Crippen LogP contribution is -1.89. The smallest absolute Gasteiger partial charge is 0.258 e. The Kier molecular flexibility index (Phi) is 4.20. The van der Waals surface area contributed by atoms with Crippen LogP contribution in [0.15, 0.2) is 66.7 Å². The number of nitro benzene ring substituents is 1. The molecule has 0 N–H and O–H groups in total. The first-order valence-electron chi connectivity index (χ1n) is 6.66. The van der Waals surface area contributed by atoms with Crippen molar-refractivity contribution in [1.29, 1.82) is 0 Å². The summed E-state index contributed by atoms with van der Waals surface area (Å²) in [5.41, 5.74) is 4.25. The maximum atomic E-state index is 10.8. The van der Waals surface area contributed by atoms with Crippen LogP contribution in [0.1, 0.15) is 0 Å². The molecule has 3 rings (SSSR count). The molecule has 0 aromatic heterocycles. The molecule has 107 valence electrons. The van der Waals surface area contributed by atoms with Gasteiger partial charge in [0.05, 0.1) is 4.92 Å². The summed E-state index contributed by atoms with van der Waals surface area (Å²) in [5, 5.41) is 10.8. The fraction of sp³-hybridized carbons (Fsp3) is 0. The molecule has 22 heavy (non-hydrogen) atoms. The summed E-state index contributed by atoms with van der Waals surface area (Å²) < 4.78 is 1.18. The second-order valence-electron chi connectivity index (χ2n) is 4.78. The van der Waals surface area contributed by atoms with Crippen LogP contribution >= 0.6 is 22.6 Å². The molecule has 0 aliphatic rings. The van der Waals surface area contributed by atoms with Gasteiger partial charge >= 0.3 is 0 Å². The van der Waals surface area contributed by atoms with E-state index in [0.717, 1.165) is 22.3 Å². The van der Waals surface area contributed by atoms with E-state index < -0.39 is 0 Å². The van der Waals surface area contributed by atoms with E-state index >= 15 is 0 Å². The summed E-state index contributed by atoms with van der Waals surface area (Å²) in [5.74, 6) is 0. The number of nitrogens with zero attached hydrogens (tertiary/aromatic N) is 1. The van der Waals surface area contributed by atoms with Crippen LogP contribution in [-0.4, -0.2) is 4.92 Å². The topological polar surface area (TPSA) is 43.1 Å². The fourth-order valence-corrected chi connectivity index (χ4v) is 2.67. The molecule has 0 aliphatic carbocycles. The highest BCUT2D eigenvalue weighted by molar-refractivity contribution is 14.1. The minimum Gasteiger partial charge on any atom is -0.258 e. The highest BCUT2D eigenvalue weighted by Gasteiger charge is 2.09. The van der Waals surface area contributed by atoms with Gasteiger partial charge in [-0.25, -0.2) is 0 Å². The van der Waals surface area contributed by atoms with Crippen molar-refractivity contribution in [3.63, 3.8) is 0 Å². The van der Waals surface area contributed by atoms with Gasteiger partial charge in [0.15, 0.2) is 0 Å². The van der Waals surface area contributed by atoms with Crippen molar-refractivity contribution in [2.75, 3.05) is 0 Å². The van der Waals surface area contributed by atoms with Gasteiger partial charge in [-0.2, -0.15) is 0 Å². The highest BCUT2D eigenvalue weighted by atomic mass is 127. The van der Waals surface area contributed by atoms with Crippen LogP contribution < -0.4 is 0 Å². The standard InChI is InChI=1S/C18H11INO2/c19-15-9-5-13(6-10-15)17-3-1-2-4-18(17)14-7-11-16(12-8-14)20(21)22/h1,3-12H. The van der Waals surface area contributed by atoms with Crippen LogP contribution in [0.4, 0.5) is 5.69 Å². The van der Waals surface area contributed by atoms with E-state index in [-0.39, 0.29) is 10.6 Å². The maximum absolute atomic E-state index is 10.8. The van der Waals surface area contributed by atoms with Gasteiger partial charge < -0.3 is 0 Å². The lowest BCUT2D eigenvalue weighted by Gasteiger charge is -2.10. The zero-order chi connectivity index (χ0) is 15.5. The molecule has 3 aromatic rings. The lowest BCUT2D eigenvalue weighted by atomic mass is 9.94. The molecule has 3 nitrogen and oxygen atoms in total. The minimum atomic E-state index is -0.388. The molecule has 1 radical (unpaired) electrons. The number of hydrogen-bond donors (Lipinski definition) is 0. The molecule has 0 unspecified atom stereocenters. The van der Waals surface area contributed by atoms with Gasteiger partial charge in [0.25, 0.3) is 5.69 Å². The highest BCUT2D eigenvalue weighted by Crippen LogP contribution is 2.32. The molecule has 0 heterocycles. The zero-order valence-electron chi connectivity index (χ0n) is 11.5.